The summed E-state index contributed by atoms with van der Waals surface area (Å²) in [5.74, 6) is 1.10. The van der Waals surface area contributed by atoms with Crippen molar-refractivity contribution in [1.29, 1.82) is 0 Å². The van der Waals surface area contributed by atoms with Gasteiger partial charge in [-0.1, -0.05) is 35.9 Å². The molecular formula is C23H22N2O3. The van der Waals surface area contributed by atoms with Crippen molar-refractivity contribution in [2.45, 2.75) is 13.5 Å². The minimum Gasteiger partial charge on any atom is -0.497 e. The summed E-state index contributed by atoms with van der Waals surface area (Å²) in [7, 11) is 1.56. The quantitative estimate of drug-likeness (QED) is 0.494. The van der Waals surface area contributed by atoms with Crippen LogP contribution in [0.25, 0.3) is 0 Å². The molecule has 0 atom stereocenters. The van der Waals surface area contributed by atoms with Gasteiger partial charge in [-0.15, -0.1) is 0 Å². The lowest BCUT2D eigenvalue weighted by molar-refractivity contribution is 0.0955. The summed E-state index contributed by atoms with van der Waals surface area (Å²) in [5.41, 5.74) is 6.20. The van der Waals surface area contributed by atoms with Gasteiger partial charge in [-0.3, -0.25) is 4.79 Å². The second-order valence-electron chi connectivity index (χ2n) is 6.27. The maximum Gasteiger partial charge on any atom is 0.271 e. The van der Waals surface area contributed by atoms with Crippen LogP contribution in [-0.4, -0.2) is 19.2 Å². The van der Waals surface area contributed by atoms with Crippen molar-refractivity contribution in [1.82, 2.24) is 5.43 Å². The molecule has 5 nitrogen and oxygen atoms in total. The van der Waals surface area contributed by atoms with Crippen LogP contribution in [0.2, 0.25) is 0 Å². The summed E-state index contributed by atoms with van der Waals surface area (Å²) in [6.07, 6.45) is 1.59. The van der Waals surface area contributed by atoms with Crippen LogP contribution in [0.15, 0.2) is 77.9 Å². The van der Waals surface area contributed by atoms with Crippen molar-refractivity contribution in [2.24, 2.45) is 5.10 Å². The number of nitrogens with zero attached hydrogens (tertiary/aromatic N) is 1. The normalized spacial score (nSPS) is 10.6. The van der Waals surface area contributed by atoms with Gasteiger partial charge in [0.25, 0.3) is 5.91 Å². The number of amides is 1. The van der Waals surface area contributed by atoms with Crippen LogP contribution in [0.3, 0.4) is 0 Å². The summed E-state index contributed by atoms with van der Waals surface area (Å²) in [6.45, 7) is 2.58. The van der Waals surface area contributed by atoms with Crippen molar-refractivity contribution >= 4 is 12.1 Å². The Bertz CT molecular complexity index is 948. The Morgan fingerprint density at radius 3 is 2.46 bits per heavy atom. The summed E-state index contributed by atoms with van der Waals surface area (Å²) in [6, 6.07) is 22.7. The Kier molecular flexibility index (Phi) is 6.41. The van der Waals surface area contributed by atoms with E-state index < -0.39 is 0 Å². The Morgan fingerprint density at radius 1 is 1.00 bits per heavy atom. The lowest BCUT2D eigenvalue weighted by Gasteiger charge is -2.07. The number of benzene rings is 3. The van der Waals surface area contributed by atoms with Crippen LogP contribution in [0.4, 0.5) is 0 Å². The molecule has 28 heavy (non-hydrogen) atoms. The highest BCUT2D eigenvalue weighted by molar-refractivity contribution is 5.95. The first-order valence-electron chi connectivity index (χ1n) is 8.90. The van der Waals surface area contributed by atoms with E-state index in [2.05, 4.69) is 41.7 Å². The lowest BCUT2D eigenvalue weighted by atomic mass is 10.2. The highest BCUT2D eigenvalue weighted by Gasteiger charge is 2.05. The topological polar surface area (TPSA) is 59.9 Å². The molecule has 0 unspecified atom stereocenters. The maximum absolute atomic E-state index is 12.1. The van der Waals surface area contributed by atoms with E-state index in [0.717, 1.165) is 16.9 Å². The molecular weight excluding hydrogens is 352 g/mol. The van der Waals surface area contributed by atoms with E-state index in [9.17, 15) is 4.79 Å². The molecule has 1 amide bonds. The fourth-order valence-electron chi connectivity index (χ4n) is 2.50. The van der Waals surface area contributed by atoms with Gasteiger partial charge >= 0.3 is 0 Å². The monoisotopic (exact) mass is 374 g/mol. The molecule has 0 bridgehead atoms. The van der Waals surface area contributed by atoms with Crippen LogP contribution in [0.5, 0.6) is 11.5 Å². The predicted octanol–water partition coefficient (Wildman–Crippen LogP) is 4.35. The first-order valence-corrected chi connectivity index (χ1v) is 8.90. The average Bonchev–Trinajstić information content (AvgIpc) is 2.74. The Labute approximate surface area is 164 Å². The molecule has 0 aliphatic carbocycles. The molecule has 3 rings (SSSR count). The van der Waals surface area contributed by atoms with Crippen molar-refractivity contribution in [3.05, 3.63) is 95.1 Å². The standard InChI is InChI=1S/C23H22N2O3/c1-17-6-8-19(9-7-17)16-28-21-12-10-18(11-13-21)15-24-25-23(26)20-4-3-5-22(14-20)27-2/h3-15H,16H2,1-2H3,(H,25,26)/b24-15-. The van der Waals surface area contributed by atoms with Crippen LogP contribution >= 0.6 is 0 Å². The molecule has 0 aliphatic rings. The lowest BCUT2D eigenvalue weighted by Crippen LogP contribution is -2.17. The molecule has 3 aromatic carbocycles. The van der Waals surface area contributed by atoms with Gasteiger partial charge in [0.2, 0.25) is 0 Å². The van der Waals surface area contributed by atoms with Gasteiger partial charge in [-0.2, -0.15) is 5.10 Å². The molecule has 3 aromatic rings. The van der Waals surface area contributed by atoms with E-state index in [1.807, 2.05) is 24.3 Å². The molecule has 0 saturated carbocycles. The number of rotatable bonds is 7. The van der Waals surface area contributed by atoms with Crippen LogP contribution in [-0.2, 0) is 6.61 Å². The number of aryl methyl sites for hydroxylation is 1. The van der Waals surface area contributed by atoms with Crippen LogP contribution in [0.1, 0.15) is 27.0 Å². The fraction of sp³-hybridized carbons (Fsp3) is 0.130. The molecule has 142 valence electrons. The molecule has 0 aromatic heterocycles. The predicted molar refractivity (Wildman–Crippen MR) is 110 cm³/mol. The van der Waals surface area contributed by atoms with Gasteiger partial charge in [0.15, 0.2) is 0 Å². The average molecular weight is 374 g/mol. The largest absolute Gasteiger partial charge is 0.497 e. The number of ether oxygens (including phenoxy) is 2. The molecule has 0 heterocycles. The third kappa shape index (κ3) is 5.45. The Balaban J connectivity index is 1.51. The number of hydrogen-bond donors (Lipinski definition) is 1. The SMILES string of the molecule is COc1cccc(C(=O)N/N=C\c2ccc(OCc3ccc(C)cc3)cc2)c1. The molecule has 0 radical (unpaired) electrons. The highest BCUT2D eigenvalue weighted by Crippen LogP contribution is 2.14. The summed E-state index contributed by atoms with van der Waals surface area (Å²) in [4.78, 5) is 12.1. The number of carbonyl (C=O) groups excluding carboxylic acids is 1. The van der Waals surface area contributed by atoms with E-state index in [-0.39, 0.29) is 5.91 Å². The Morgan fingerprint density at radius 2 is 1.75 bits per heavy atom. The molecule has 5 heteroatoms. The van der Waals surface area contributed by atoms with Gasteiger partial charge in [0.05, 0.1) is 13.3 Å². The van der Waals surface area contributed by atoms with E-state index in [4.69, 9.17) is 9.47 Å². The zero-order chi connectivity index (χ0) is 19.8. The van der Waals surface area contributed by atoms with E-state index in [0.29, 0.717) is 17.9 Å². The first-order chi connectivity index (χ1) is 13.6. The second kappa shape index (κ2) is 9.37. The van der Waals surface area contributed by atoms with E-state index in [1.54, 1.807) is 37.6 Å². The third-order valence-electron chi connectivity index (χ3n) is 4.12. The van der Waals surface area contributed by atoms with Crippen molar-refractivity contribution < 1.29 is 14.3 Å². The van der Waals surface area contributed by atoms with Gasteiger partial charge in [0, 0.05) is 5.56 Å². The smallest absolute Gasteiger partial charge is 0.271 e. The molecule has 0 saturated heterocycles. The first kappa shape index (κ1) is 19.2. The third-order valence-corrected chi connectivity index (χ3v) is 4.12. The van der Waals surface area contributed by atoms with Gasteiger partial charge < -0.3 is 9.47 Å². The van der Waals surface area contributed by atoms with Gasteiger partial charge in [0.1, 0.15) is 18.1 Å². The summed E-state index contributed by atoms with van der Waals surface area (Å²) < 4.78 is 10.9. The van der Waals surface area contributed by atoms with E-state index in [1.165, 1.54) is 5.56 Å². The molecule has 0 aliphatic heterocycles. The number of methoxy groups -OCH3 is 1. The minimum absolute atomic E-state index is 0.298. The summed E-state index contributed by atoms with van der Waals surface area (Å²) >= 11 is 0. The van der Waals surface area contributed by atoms with Crippen molar-refractivity contribution in [3.63, 3.8) is 0 Å². The van der Waals surface area contributed by atoms with Gasteiger partial charge in [-0.05, 0) is 60.5 Å². The fourth-order valence-corrected chi connectivity index (χ4v) is 2.50. The van der Waals surface area contributed by atoms with Crippen molar-refractivity contribution in [3.8, 4) is 11.5 Å². The Hall–Kier alpha value is -3.60. The molecule has 1 N–H and O–H groups in total. The number of carbonyl (C=O) groups is 1. The number of hydrogen-bond acceptors (Lipinski definition) is 4. The minimum atomic E-state index is -0.298. The zero-order valence-corrected chi connectivity index (χ0v) is 15.9. The van der Waals surface area contributed by atoms with Crippen molar-refractivity contribution in [2.75, 3.05) is 7.11 Å². The zero-order valence-electron chi connectivity index (χ0n) is 15.9. The highest BCUT2D eigenvalue weighted by atomic mass is 16.5. The number of hydrazone groups is 1. The molecule has 0 spiro atoms. The maximum atomic E-state index is 12.1. The second-order valence-corrected chi connectivity index (χ2v) is 6.27. The summed E-state index contributed by atoms with van der Waals surface area (Å²) in [5, 5.41) is 4.00. The molecule has 0 fully saturated rings. The van der Waals surface area contributed by atoms with Gasteiger partial charge in [-0.25, -0.2) is 5.43 Å². The van der Waals surface area contributed by atoms with E-state index >= 15 is 0 Å². The van der Waals surface area contributed by atoms with Crippen LogP contribution < -0.4 is 14.9 Å². The van der Waals surface area contributed by atoms with Crippen LogP contribution in [0, 0.1) is 6.92 Å². The number of nitrogens with one attached hydrogen (secondary N) is 1.